The molecule has 0 saturated heterocycles. The van der Waals surface area contributed by atoms with Crippen molar-refractivity contribution in [3.05, 3.63) is 35.1 Å². The van der Waals surface area contributed by atoms with Crippen LogP contribution in [0, 0.1) is 11.7 Å². The Morgan fingerprint density at radius 2 is 2.00 bits per heavy atom. The fraction of sp³-hybridized carbons (Fsp3) is 0.364. The lowest BCUT2D eigenvalue weighted by Gasteiger charge is -2.10. The Kier molecular flexibility index (Phi) is 3.67. The first kappa shape index (κ1) is 12.7. The molecule has 88 valence electrons. The van der Waals surface area contributed by atoms with Crippen molar-refractivity contribution in [2.45, 2.75) is 19.5 Å². The Morgan fingerprint density at radius 3 is 2.44 bits per heavy atom. The minimum atomic E-state index is -4.55. The summed E-state index contributed by atoms with van der Waals surface area (Å²) in [5, 5.41) is 0. The topological polar surface area (TPSA) is 17.1 Å². The molecule has 0 N–H and O–H groups in total. The monoisotopic (exact) mass is 234 g/mol. The summed E-state index contributed by atoms with van der Waals surface area (Å²) in [6, 6.07) is 2.33. The van der Waals surface area contributed by atoms with Crippen LogP contribution in [0.3, 0.4) is 0 Å². The van der Waals surface area contributed by atoms with Crippen LogP contribution in [0.25, 0.3) is 0 Å². The Balaban J connectivity index is 2.96. The van der Waals surface area contributed by atoms with E-state index in [1.54, 1.807) is 6.92 Å². The average Bonchev–Trinajstić information content (AvgIpc) is 2.19. The van der Waals surface area contributed by atoms with Crippen molar-refractivity contribution in [1.29, 1.82) is 0 Å². The number of hydrogen-bond acceptors (Lipinski definition) is 1. The average molecular weight is 234 g/mol. The van der Waals surface area contributed by atoms with E-state index < -0.39 is 23.5 Å². The Bertz CT molecular complexity index is 384. The number of hydrogen-bond donors (Lipinski definition) is 0. The van der Waals surface area contributed by atoms with Crippen molar-refractivity contribution < 1.29 is 22.4 Å². The van der Waals surface area contributed by atoms with Gasteiger partial charge in [0.2, 0.25) is 0 Å². The number of aldehydes is 1. The van der Waals surface area contributed by atoms with Crippen LogP contribution >= 0.6 is 0 Å². The molecule has 16 heavy (non-hydrogen) atoms. The molecule has 0 aliphatic heterocycles. The highest BCUT2D eigenvalue weighted by Gasteiger charge is 2.31. The van der Waals surface area contributed by atoms with E-state index in [0.717, 1.165) is 12.1 Å². The van der Waals surface area contributed by atoms with Crippen molar-refractivity contribution >= 4 is 6.29 Å². The zero-order chi connectivity index (χ0) is 12.3. The normalized spacial score (nSPS) is 13.6. The maximum atomic E-state index is 13.3. The van der Waals surface area contributed by atoms with Gasteiger partial charge in [-0.25, -0.2) is 4.39 Å². The standard InChI is InChI=1S/C11H10F4O/c1-7(6-16)4-8-2-3-9(5-10(8)12)11(13,14)15/h2-3,5-7H,4H2,1H3. The predicted octanol–water partition coefficient (Wildman–Crippen LogP) is 3.22. The Labute approximate surface area is 90.1 Å². The Morgan fingerprint density at radius 1 is 1.38 bits per heavy atom. The molecule has 0 aliphatic carbocycles. The van der Waals surface area contributed by atoms with E-state index in [4.69, 9.17) is 0 Å². The lowest BCUT2D eigenvalue weighted by atomic mass is 10.0. The Hall–Kier alpha value is -1.39. The van der Waals surface area contributed by atoms with E-state index in [-0.39, 0.29) is 12.0 Å². The van der Waals surface area contributed by atoms with Gasteiger partial charge >= 0.3 is 6.18 Å². The molecule has 1 nitrogen and oxygen atoms in total. The molecule has 0 saturated carbocycles. The van der Waals surface area contributed by atoms with E-state index in [2.05, 4.69) is 0 Å². The molecule has 1 aromatic carbocycles. The summed E-state index contributed by atoms with van der Waals surface area (Å²) in [6.07, 6.45) is -3.81. The number of rotatable bonds is 3. The molecule has 0 radical (unpaired) electrons. The van der Waals surface area contributed by atoms with Crippen LogP contribution in [-0.4, -0.2) is 6.29 Å². The second-order valence-electron chi connectivity index (χ2n) is 3.62. The van der Waals surface area contributed by atoms with Crippen LogP contribution in [0.1, 0.15) is 18.1 Å². The molecule has 0 bridgehead atoms. The van der Waals surface area contributed by atoms with E-state index in [9.17, 15) is 22.4 Å². The fourth-order valence-corrected chi connectivity index (χ4v) is 1.28. The van der Waals surface area contributed by atoms with Crippen molar-refractivity contribution in [3.8, 4) is 0 Å². The van der Waals surface area contributed by atoms with Gasteiger partial charge in [-0.1, -0.05) is 13.0 Å². The van der Waals surface area contributed by atoms with Crippen LogP contribution in [0.4, 0.5) is 17.6 Å². The van der Waals surface area contributed by atoms with Gasteiger partial charge in [0.05, 0.1) is 5.56 Å². The molecular formula is C11H10F4O. The summed E-state index contributed by atoms with van der Waals surface area (Å²) >= 11 is 0. The summed E-state index contributed by atoms with van der Waals surface area (Å²) in [6.45, 7) is 1.57. The van der Waals surface area contributed by atoms with E-state index in [1.165, 1.54) is 0 Å². The quantitative estimate of drug-likeness (QED) is 0.579. The van der Waals surface area contributed by atoms with E-state index in [0.29, 0.717) is 12.4 Å². The van der Waals surface area contributed by atoms with Gasteiger partial charge in [-0.3, -0.25) is 0 Å². The molecule has 1 unspecified atom stereocenters. The molecule has 0 fully saturated rings. The highest BCUT2D eigenvalue weighted by molar-refractivity contribution is 5.53. The maximum Gasteiger partial charge on any atom is 0.416 e. The minimum Gasteiger partial charge on any atom is -0.303 e. The predicted molar refractivity (Wildman–Crippen MR) is 50.3 cm³/mol. The molecule has 0 aliphatic rings. The summed E-state index contributed by atoms with van der Waals surface area (Å²) in [4.78, 5) is 10.3. The molecule has 1 aromatic rings. The molecular weight excluding hydrogens is 224 g/mol. The lowest BCUT2D eigenvalue weighted by molar-refractivity contribution is -0.137. The van der Waals surface area contributed by atoms with Crippen molar-refractivity contribution in [1.82, 2.24) is 0 Å². The number of benzene rings is 1. The van der Waals surface area contributed by atoms with Gasteiger partial charge in [0.25, 0.3) is 0 Å². The van der Waals surface area contributed by atoms with Gasteiger partial charge in [-0.15, -0.1) is 0 Å². The van der Waals surface area contributed by atoms with Gasteiger partial charge in [0.15, 0.2) is 0 Å². The second-order valence-corrected chi connectivity index (χ2v) is 3.62. The van der Waals surface area contributed by atoms with Crippen LogP contribution in [0.5, 0.6) is 0 Å². The van der Waals surface area contributed by atoms with Crippen molar-refractivity contribution in [3.63, 3.8) is 0 Å². The first-order chi connectivity index (χ1) is 7.34. The number of carbonyl (C=O) groups is 1. The minimum absolute atomic E-state index is 0.105. The summed E-state index contributed by atoms with van der Waals surface area (Å²) in [5.74, 6) is -1.34. The molecule has 0 heterocycles. The molecule has 1 rings (SSSR count). The van der Waals surface area contributed by atoms with Gasteiger partial charge in [-0.2, -0.15) is 13.2 Å². The first-order valence-electron chi connectivity index (χ1n) is 4.65. The summed E-state index contributed by atoms with van der Waals surface area (Å²) in [7, 11) is 0. The summed E-state index contributed by atoms with van der Waals surface area (Å²) in [5.41, 5.74) is -0.903. The zero-order valence-electron chi connectivity index (χ0n) is 8.51. The lowest BCUT2D eigenvalue weighted by Crippen LogP contribution is -2.08. The molecule has 0 amide bonds. The van der Waals surface area contributed by atoms with Gasteiger partial charge < -0.3 is 4.79 Å². The number of alkyl halides is 3. The van der Waals surface area contributed by atoms with Crippen LogP contribution < -0.4 is 0 Å². The SMILES string of the molecule is CC(C=O)Cc1ccc(C(F)(F)F)cc1F. The molecule has 1 atom stereocenters. The van der Waals surface area contributed by atoms with Crippen LogP contribution in [-0.2, 0) is 17.4 Å². The third-order valence-electron chi connectivity index (χ3n) is 2.15. The molecule has 0 spiro atoms. The number of carbonyl (C=O) groups excluding carboxylic acids is 1. The van der Waals surface area contributed by atoms with Crippen LogP contribution in [0.15, 0.2) is 18.2 Å². The maximum absolute atomic E-state index is 13.3. The highest BCUT2D eigenvalue weighted by atomic mass is 19.4. The van der Waals surface area contributed by atoms with Crippen molar-refractivity contribution in [2.75, 3.05) is 0 Å². The van der Waals surface area contributed by atoms with Gasteiger partial charge in [0.1, 0.15) is 12.1 Å². The van der Waals surface area contributed by atoms with Crippen LogP contribution in [0.2, 0.25) is 0 Å². The molecule has 5 heteroatoms. The fourth-order valence-electron chi connectivity index (χ4n) is 1.28. The second kappa shape index (κ2) is 4.63. The van der Waals surface area contributed by atoms with Crippen molar-refractivity contribution in [2.24, 2.45) is 5.92 Å². The van der Waals surface area contributed by atoms with Gasteiger partial charge in [-0.05, 0) is 24.1 Å². The summed E-state index contributed by atoms with van der Waals surface area (Å²) < 4.78 is 49.9. The number of halogens is 4. The first-order valence-corrected chi connectivity index (χ1v) is 4.65. The highest BCUT2D eigenvalue weighted by Crippen LogP contribution is 2.30. The third kappa shape index (κ3) is 3.05. The largest absolute Gasteiger partial charge is 0.416 e. The van der Waals surface area contributed by atoms with E-state index >= 15 is 0 Å². The smallest absolute Gasteiger partial charge is 0.303 e. The zero-order valence-corrected chi connectivity index (χ0v) is 8.51. The third-order valence-corrected chi connectivity index (χ3v) is 2.15. The van der Waals surface area contributed by atoms with E-state index in [1.807, 2.05) is 0 Å². The van der Waals surface area contributed by atoms with Gasteiger partial charge in [0, 0.05) is 5.92 Å². The molecule has 0 aromatic heterocycles.